The normalized spacial score (nSPS) is 8.59. The first-order valence-corrected chi connectivity index (χ1v) is 6.53. The van der Waals surface area contributed by atoms with Gasteiger partial charge in [0.2, 0.25) is 11.8 Å². The predicted octanol–water partition coefficient (Wildman–Crippen LogP) is -0.244. The molecule has 0 unspecified atom stereocenters. The highest BCUT2D eigenvalue weighted by atomic mass is 32.2. The number of hydrogen-bond donors (Lipinski definition) is 2. The van der Waals surface area contributed by atoms with Crippen LogP contribution in [0.25, 0.3) is 0 Å². The Balaban J connectivity index is -0.000000177. The van der Waals surface area contributed by atoms with Gasteiger partial charge in [0.25, 0.3) is 0 Å². The molecule has 0 aliphatic carbocycles. The van der Waals surface area contributed by atoms with Gasteiger partial charge >= 0.3 is 0 Å². The van der Waals surface area contributed by atoms with E-state index in [1.807, 2.05) is 0 Å². The van der Waals surface area contributed by atoms with E-state index in [0.29, 0.717) is 0 Å². The Labute approximate surface area is 102 Å². The van der Waals surface area contributed by atoms with E-state index in [0.717, 1.165) is 12.2 Å². The number of amides is 2. The SMILES string of the molecule is C=CC(N)=O.C=CC(N)=O.CCS(=O)(=O)CC. The van der Waals surface area contributed by atoms with Crippen LogP contribution in [-0.2, 0) is 19.4 Å². The second kappa shape index (κ2) is 12.4. The Morgan fingerprint density at radius 1 is 1.00 bits per heavy atom. The molecule has 6 nitrogen and oxygen atoms in total. The molecular formula is C10H20N2O4S. The third-order valence-electron chi connectivity index (χ3n) is 1.28. The minimum atomic E-state index is -2.66. The molecule has 0 saturated heterocycles. The quantitative estimate of drug-likeness (QED) is 0.680. The molecule has 0 atom stereocenters. The average Bonchev–Trinajstić information content (AvgIpc) is 2.30. The first kappa shape index (κ1) is 20.7. The number of hydrogen-bond acceptors (Lipinski definition) is 4. The smallest absolute Gasteiger partial charge is 0.240 e. The lowest BCUT2D eigenvalue weighted by atomic mass is 10.6. The van der Waals surface area contributed by atoms with Crippen LogP contribution < -0.4 is 11.5 Å². The maximum Gasteiger partial charge on any atom is 0.240 e. The van der Waals surface area contributed by atoms with Crippen LogP contribution >= 0.6 is 0 Å². The molecule has 0 heterocycles. The van der Waals surface area contributed by atoms with Gasteiger partial charge in [-0.25, -0.2) is 8.42 Å². The second-order valence-corrected chi connectivity index (χ2v) is 5.18. The van der Waals surface area contributed by atoms with Gasteiger partial charge in [-0.1, -0.05) is 27.0 Å². The lowest BCUT2D eigenvalue weighted by molar-refractivity contribution is -0.114. The van der Waals surface area contributed by atoms with E-state index in [2.05, 4.69) is 24.6 Å². The molecule has 7 heteroatoms. The van der Waals surface area contributed by atoms with Crippen LogP contribution in [-0.4, -0.2) is 31.7 Å². The lowest BCUT2D eigenvalue weighted by Gasteiger charge is -1.89. The molecule has 0 spiro atoms. The number of sulfone groups is 1. The fourth-order valence-electron chi connectivity index (χ4n) is 0.204. The molecule has 2 amide bonds. The standard InChI is InChI=1S/C4H10O2S.2C3H5NO/c1-3-7(5,6)4-2;2*1-2-3(4)5/h3-4H2,1-2H3;2*2H,1H2,(H2,4,5). The number of nitrogens with two attached hydrogens (primary N) is 2. The van der Waals surface area contributed by atoms with Crippen molar-refractivity contribution >= 4 is 21.7 Å². The monoisotopic (exact) mass is 264 g/mol. The van der Waals surface area contributed by atoms with Crippen molar-refractivity contribution in [1.82, 2.24) is 0 Å². The van der Waals surface area contributed by atoms with Crippen LogP contribution in [0.15, 0.2) is 25.3 Å². The van der Waals surface area contributed by atoms with Crippen LogP contribution in [0.1, 0.15) is 13.8 Å². The molecular weight excluding hydrogens is 244 g/mol. The molecule has 0 aromatic rings. The van der Waals surface area contributed by atoms with Gasteiger partial charge in [-0.3, -0.25) is 9.59 Å². The molecule has 0 bridgehead atoms. The van der Waals surface area contributed by atoms with E-state index in [1.165, 1.54) is 0 Å². The maximum absolute atomic E-state index is 10.4. The van der Waals surface area contributed by atoms with E-state index in [-0.39, 0.29) is 11.5 Å². The highest BCUT2D eigenvalue weighted by molar-refractivity contribution is 7.91. The topological polar surface area (TPSA) is 120 Å². The summed E-state index contributed by atoms with van der Waals surface area (Å²) in [6.45, 7) is 9.47. The summed E-state index contributed by atoms with van der Waals surface area (Å²) in [6, 6.07) is 0. The van der Waals surface area contributed by atoms with Crippen LogP contribution in [0.4, 0.5) is 0 Å². The molecule has 0 radical (unpaired) electrons. The fraction of sp³-hybridized carbons (Fsp3) is 0.400. The first-order valence-electron chi connectivity index (χ1n) is 4.70. The van der Waals surface area contributed by atoms with Crippen molar-refractivity contribution < 1.29 is 18.0 Å². The van der Waals surface area contributed by atoms with E-state index in [1.54, 1.807) is 13.8 Å². The minimum absolute atomic E-state index is 0.267. The average molecular weight is 264 g/mol. The summed E-state index contributed by atoms with van der Waals surface area (Å²) in [5.74, 6) is -0.428. The molecule has 0 fully saturated rings. The van der Waals surface area contributed by atoms with Crippen LogP contribution in [0, 0.1) is 0 Å². The van der Waals surface area contributed by atoms with Crippen LogP contribution in [0.2, 0.25) is 0 Å². The van der Waals surface area contributed by atoms with Crippen molar-refractivity contribution in [3.05, 3.63) is 25.3 Å². The molecule has 0 aliphatic rings. The molecule has 0 saturated carbocycles. The van der Waals surface area contributed by atoms with Gasteiger partial charge in [-0.15, -0.1) is 0 Å². The lowest BCUT2D eigenvalue weighted by Crippen LogP contribution is -2.04. The Morgan fingerprint density at radius 3 is 1.18 bits per heavy atom. The van der Waals surface area contributed by atoms with Crippen molar-refractivity contribution in [3.63, 3.8) is 0 Å². The second-order valence-electron chi connectivity index (χ2n) is 2.53. The molecule has 0 aromatic carbocycles. The Bertz CT molecular complexity index is 319. The Morgan fingerprint density at radius 2 is 1.18 bits per heavy atom. The van der Waals surface area contributed by atoms with Crippen molar-refractivity contribution in [3.8, 4) is 0 Å². The summed E-state index contributed by atoms with van der Waals surface area (Å²) in [5, 5.41) is 0. The van der Waals surface area contributed by atoms with E-state index < -0.39 is 21.7 Å². The predicted molar refractivity (Wildman–Crippen MR) is 68.8 cm³/mol. The van der Waals surface area contributed by atoms with Crippen molar-refractivity contribution in [2.75, 3.05) is 11.5 Å². The summed E-state index contributed by atoms with van der Waals surface area (Å²) in [4.78, 5) is 18.9. The van der Waals surface area contributed by atoms with Gasteiger partial charge < -0.3 is 11.5 Å². The third kappa shape index (κ3) is 31.4. The van der Waals surface area contributed by atoms with Gasteiger partial charge in [0, 0.05) is 11.5 Å². The summed E-state index contributed by atoms with van der Waals surface area (Å²) < 4.78 is 20.7. The summed E-state index contributed by atoms with van der Waals surface area (Å²) in [7, 11) is -2.66. The molecule has 100 valence electrons. The zero-order chi connectivity index (χ0) is 14.5. The number of carbonyl (C=O) groups is 2. The van der Waals surface area contributed by atoms with Crippen LogP contribution in [0.5, 0.6) is 0 Å². The zero-order valence-electron chi connectivity index (χ0n) is 10.2. The summed E-state index contributed by atoms with van der Waals surface area (Å²) in [5.41, 5.74) is 9.07. The van der Waals surface area contributed by atoms with Gasteiger partial charge in [0.1, 0.15) is 9.84 Å². The van der Waals surface area contributed by atoms with Crippen molar-refractivity contribution in [2.45, 2.75) is 13.8 Å². The Hall–Kier alpha value is -1.63. The van der Waals surface area contributed by atoms with Gasteiger partial charge in [0.15, 0.2) is 0 Å². The van der Waals surface area contributed by atoms with Gasteiger partial charge in [-0.2, -0.15) is 0 Å². The van der Waals surface area contributed by atoms with Gasteiger partial charge in [-0.05, 0) is 12.2 Å². The van der Waals surface area contributed by atoms with Gasteiger partial charge in [0.05, 0.1) is 0 Å². The van der Waals surface area contributed by atoms with Crippen molar-refractivity contribution in [2.24, 2.45) is 11.5 Å². The number of primary amides is 2. The first-order chi connectivity index (χ1) is 7.66. The van der Waals surface area contributed by atoms with Crippen molar-refractivity contribution in [1.29, 1.82) is 0 Å². The Kier molecular flexibility index (Phi) is 15.2. The number of rotatable bonds is 4. The van der Waals surface area contributed by atoms with E-state index >= 15 is 0 Å². The summed E-state index contributed by atoms with van der Waals surface area (Å²) >= 11 is 0. The van der Waals surface area contributed by atoms with E-state index in [9.17, 15) is 18.0 Å². The molecule has 0 aromatic heterocycles. The fourth-order valence-corrected chi connectivity index (χ4v) is 0.612. The van der Waals surface area contributed by atoms with Crippen LogP contribution in [0.3, 0.4) is 0 Å². The maximum atomic E-state index is 10.4. The molecule has 17 heavy (non-hydrogen) atoms. The minimum Gasteiger partial charge on any atom is -0.366 e. The largest absolute Gasteiger partial charge is 0.366 e. The number of carbonyl (C=O) groups excluding carboxylic acids is 2. The highest BCUT2D eigenvalue weighted by Gasteiger charge is 1.99. The molecule has 0 rings (SSSR count). The summed E-state index contributed by atoms with van der Waals surface area (Å²) in [6.07, 6.45) is 2.11. The molecule has 4 N–H and O–H groups in total. The third-order valence-corrected chi connectivity index (χ3v) is 3.04. The highest BCUT2D eigenvalue weighted by Crippen LogP contribution is 1.84. The molecule has 0 aliphatic heterocycles. The van der Waals surface area contributed by atoms with E-state index in [4.69, 9.17) is 0 Å². The zero-order valence-corrected chi connectivity index (χ0v) is 11.0.